The highest BCUT2D eigenvalue weighted by molar-refractivity contribution is 5.49. The zero-order valence-electron chi connectivity index (χ0n) is 12.4. The zero-order chi connectivity index (χ0) is 14.4. The number of methoxy groups -OCH3 is 1. The third-order valence-electron chi connectivity index (χ3n) is 4.01. The van der Waals surface area contributed by atoms with Gasteiger partial charge in [-0.2, -0.15) is 0 Å². The molecule has 1 fully saturated rings. The van der Waals surface area contributed by atoms with Crippen molar-refractivity contribution < 1.29 is 9.84 Å². The Morgan fingerprint density at radius 3 is 3.15 bits per heavy atom. The van der Waals surface area contributed by atoms with E-state index < -0.39 is 0 Å². The van der Waals surface area contributed by atoms with E-state index in [2.05, 4.69) is 28.2 Å². The minimum Gasteiger partial charge on any atom is -0.394 e. The van der Waals surface area contributed by atoms with E-state index in [9.17, 15) is 5.11 Å². The van der Waals surface area contributed by atoms with E-state index in [-0.39, 0.29) is 12.6 Å². The number of nitrogens with one attached hydrogen (secondary N) is 1. The topological polar surface area (TPSA) is 57.6 Å². The van der Waals surface area contributed by atoms with Gasteiger partial charge in [0.25, 0.3) is 0 Å². The van der Waals surface area contributed by atoms with Crippen molar-refractivity contribution in [3.63, 3.8) is 0 Å². The molecular formula is C15H25N3O2. The van der Waals surface area contributed by atoms with E-state index >= 15 is 0 Å². The van der Waals surface area contributed by atoms with Crippen molar-refractivity contribution >= 4 is 5.82 Å². The normalized spacial score (nSPS) is 22.4. The van der Waals surface area contributed by atoms with Gasteiger partial charge in [0.15, 0.2) is 0 Å². The molecule has 0 aromatic carbocycles. The zero-order valence-corrected chi connectivity index (χ0v) is 12.4. The molecule has 2 unspecified atom stereocenters. The Morgan fingerprint density at radius 1 is 1.55 bits per heavy atom. The second-order valence-corrected chi connectivity index (χ2v) is 5.36. The smallest absolute Gasteiger partial charge is 0.133 e. The Morgan fingerprint density at radius 2 is 2.40 bits per heavy atom. The molecule has 0 aliphatic carbocycles. The van der Waals surface area contributed by atoms with Crippen molar-refractivity contribution in [3.05, 3.63) is 23.9 Å². The lowest BCUT2D eigenvalue weighted by atomic mass is 10.0. The number of aromatic nitrogens is 1. The summed E-state index contributed by atoms with van der Waals surface area (Å²) < 4.78 is 5.04. The van der Waals surface area contributed by atoms with Crippen molar-refractivity contribution in [2.24, 2.45) is 5.92 Å². The van der Waals surface area contributed by atoms with Crippen LogP contribution in [0.15, 0.2) is 18.3 Å². The van der Waals surface area contributed by atoms with Gasteiger partial charge in [-0.1, -0.05) is 13.0 Å². The number of ether oxygens (including phenoxy) is 1. The van der Waals surface area contributed by atoms with Gasteiger partial charge in [0.2, 0.25) is 0 Å². The molecule has 0 amide bonds. The minimum absolute atomic E-state index is 0.183. The summed E-state index contributed by atoms with van der Waals surface area (Å²) in [6.45, 7) is 5.65. The van der Waals surface area contributed by atoms with Gasteiger partial charge in [0, 0.05) is 38.5 Å². The van der Waals surface area contributed by atoms with Crippen LogP contribution in [0, 0.1) is 5.92 Å². The lowest BCUT2D eigenvalue weighted by molar-refractivity contribution is 0.199. The molecule has 2 heterocycles. The summed E-state index contributed by atoms with van der Waals surface area (Å²) in [5, 5.41) is 13.0. The second-order valence-electron chi connectivity index (χ2n) is 5.36. The first-order valence-electron chi connectivity index (χ1n) is 7.29. The maximum Gasteiger partial charge on any atom is 0.133 e. The fourth-order valence-electron chi connectivity index (χ4n) is 2.77. The SMILES string of the molecule is COCCNCc1cccnc1N1CCC(C)C1CO. The van der Waals surface area contributed by atoms with Gasteiger partial charge in [0.1, 0.15) is 5.82 Å². The third kappa shape index (κ3) is 3.48. The molecule has 0 radical (unpaired) electrons. The molecule has 1 aliphatic heterocycles. The monoisotopic (exact) mass is 279 g/mol. The molecule has 2 N–H and O–H groups in total. The van der Waals surface area contributed by atoms with Gasteiger partial charge in [-0.25, -0.2) is 4.98 Å². The first-order valence-corrected chi connectivity index (χ1v) is 7.29. The highest BCUT2D eigenvalue weighted by atomic mass is 16.5. The number of pyridine rings is 1. The number of hydrogen-bond donors (Lipinski definition) is 2. The largest absolute Gasteiger partial charge is 0.394 e. The molecule has 1 aromatic heterocycles. The number of anilines is 1. The maximum atomic E-state index is 9.60. The summed E-state index contributed by atoms with van der Waals surface area (Å²) in [6.07, 6.45) is 2.93. The molecule has 1 saturated heterocycles. The first-order chi connectivity index (χ1) is 9.77. The number of aliphatic hydroxyl groups is 1. The molecule has 0 saturated carbocycles. The van der Waals surface area contributed by atoms with Gasteiger partial charge in [0.05, 0.1) is 19.3 Å². The molecule has 112 valence electrons. The van der Waals surface area contributed by atoms with Crippen LogP contribution in [0.2, 0.25) is 0 Å². The van der Waals surface area contributed by atoms with Gasteiger partial charge in [-0.05, 0) is 18.4 Å². The molecule has 2 atom stereocenters. The molecular weight excluding hydrogens is 254 g/mol. The van der Waals surface area contributed by atoms with E-state index in [1.54, 1.807) is 7.11 Å². The predicted molar refractivity (Wildman–Crippen MR) is 79.8 cm³/mol. The molecule has 2 rings (SSSR count). The summed E-state index contributed by atoms with van der Waals surface area (Å²) >= 11 is 0. The lowest BCUT2D eigenvalue weighted by Crippen LogP contribution is -2.36. The van der Waals surface area contributed by atoms with E-state index in [0.29, 0.717) is 12.5 Å². The Bertz CT molecular complexity index is 414. The van der Waals surface area contributed by atoms with Crippen LogP contribution in [-0.4, -0.2) is 49.5 Å². The Labute approximate surface area is 121 Å². The van der Waals surface area contributed by atoms with Crippen LogP contribution in [0.3, 0.4) is 0 Å². The molecule has 1 aromatic rings. The lowest BCUT2D eigenvalue weighted by Gasteiger charge is -2.28. The van der Waals surface area contributed by atoms with Crippen LogP contribution in [0.5, 0.6) is 0 Å². The standard InChI is InChI=1S/C15H25N3O2/c1-12-5-8-18(14(12)11-19)15-13(4-3-6-17-15)10-16-7-9-20-2/h3-4,6,12,14,16,19H,5,7-11H2,1-2H3. The number of nitrogens with zero attached hydrogens (tertiary/aromatic N) is 2. The van der Waals surface area contributed by atoms with Gasteiger partial charge < -0.3 is 20.1 Å². The summed E-state index contributed by atoms with van der Waals surface area (Å²) in [5.74, 6) is 1.51. The Kier molecular flexibility index (Phi) is 5.76. The van der Waals surface area contributed by atoms with Crippen LogP contribution in [0.4, 0.5) is 5.82 Å². The quantitative estimate of drug-likeness (QED) is 0.730. The van der Waals surface area contributed by atoms with Gasteiger partial charge in [-0.15, -0.1) is 0 Å². The molecule has 5 heteroatoms. The highest BCUT2D eigenvalue weighted by Gasteiger charge is 2.32. The van der Waals surface area contributed by atoms with Crippen LogP contribution >= 0.6 is 0 Å². The van der Waals surface area contributed by atoms with Gasteiger partial charge in [-0.3, -0.25) is 0 Å². The summed E-state index contributed by atoms with van der Waals surface area (Å²) in [6, 6.07) is 4.24. The number of hydrogen-bond acceptors (Lipinski definition) is 5. The number of aliphatic hydroxyl groups excluding tert-OH is 1. The van der Waals surface area contributed by atoms with E-state index in [0.717, 1.165) is 31.9 Å². The van der Waals surface area contributed by atoms with Crippen molar-refractivity contribution in [2.75, 3.05) is 38.3 Å². The molecule has 0 spiro atoms. The van der Waals surface area contributed by atoms with Gasteiger partial charge >= 0.3 is 0 Å². The van der Waals surface area contributed by atoms with E-state index in [1.165, 1.54) is 5.56 Å². The molecule has 5 nitrogen and oxygen atoms in total. The first kappa shape index (κ1) is 15.2. The fourth-order valence-corrected chi connectivity index (χ4v) is 2.77. The van der Waals surface area contributed by atoms with Crippen LogP contribution < -0.4 is 10.2 Å². The molecule has 1 aliphatic rings. The average molecular weight is 279 g/mol. The second kappa shape index (κ2) is 7.57. The van der Waals surface area contributed by atoms with Crippen LogP contribution in [-0.2, 0) is 11.3 Å². The van der Waals surface area contributed by atoms with Crippen LogP contribution in [0.25, 0.3) is 0 Å². The van der Waals surface area contributed by atoms with Crippen molar-refractivity contribution in [3.8, 4) is 0 Å². The summed E-state index contributed by atoms with van der Waals surface area (Å²) in [4.78, 5) is 6.78. The van der Waals surface area contributed by atoms with E-state index in [1.807, 2.05) is 12.3 Å². The van der Waals surface area contributed by atoms with E-state index in [4.69, 9.17) is 4.74 Å². The number of rotatable bonds is 7. The Hall–Kier alpha value is -1.17. The minimum atomic E-state index is 0.183. The molecule has 20 heavy (non-hydrogen) atoms. The van der Waals surface area contributed by atoms with Crippen molar-refractivity contribution in [1.29, 1.82) is 0 Å². The van der Waals surface area contributed by atoms with Crippen molar-refractivity contribution in [2.45, 2.75) is 25.9 Å². The summed E-state index contributed by atoms with van der Waals surface area (Å²) in [7, 11) is 1.70. The average Bonchev–Trinajstić information content (AvgIpc) is 2.85. The predicted octanol–water partition coefficient (Wildman–Crippen LogP) is 1.02. The summed E-state index contributed by atoms with van der Waals surface area (Å²) in [5.41, 5.74) is 1.18. The molecule has 0 bridgehead atoms. The van der Waals surface area contributed by atoms with Crippen molar-refractivity contribution in [1.82, 2.24) is 10.3 Å². The Balaban J connectivity index is 2.07. The fraction of sp³-hybridized carbons (Fsp3) is 0.667. The third-order valence-corrected chi connectivity index (χ3v) is 4.01. The highest BCUT2D eigenvalue weighted by Crippen LogP contribution is 2.30. The maximum absolute atomic E-state index is 9.60. The van der Waals surface area contributed by atoms with Crippen LogP contribution in [0.1, 0.15) is 18.9 Å².